The molecule has 0 aromatic rings. The topological polar surface area (TPSA) is 79.8 Å². The van der Waals surface area contributed by atoms with Gasteiger partial charge in [-0.2, -0.15) is 0 Å². The Hall–Kier alpha value is -1.27. The number of carbonyl (C=O) groups excluding carboxylic acids is 1. The van der Waals surface area contributed by atoms with Crippen LogP contribution in [0.5, 0.6) is 0 Å². The smallest absolute Gasteiger partial charge is 0.389 e. The van der Waals surface area contributed by atoms with E-state index in [-0.39, 0.29) is 13.2 Å². The van der Waals surface area contributed by atoms with Crippen molar-refractivity contribution in [2.24, 2.45) is 0 Å². The second kappa shape index (κ2) is 7.92. The summed E-state index contributed by atoms with van der Waals surface area (Å²) < 4.78 is 4.72. The van der Waals surface area contributed by atoms with Crippen molar-refractivity contribution in [2.45, 2.75) is 31.8 Å². The highest BCUT2D eigenvalue weighted by atomic mass is 16.7. The molecule has 0 radical (unpaired) electrons. The van der Waals surface area contributed by atoms with Crippen molar-refractivity contribution in [3.05, 3.63) is 11.8 Å². The first-order valence-corrected chi connectivity index (χ1v) is 5.79. The van der Waals surface area contributed by atoms with Crippen LogP contribution in [0.1, 0.15) is 25.7 Å². The van der Waals surface area contributed by atoms with Crippen LogP contribution in [-0.4, -0.2) is 37.6 Å². The summed E-state index contributed by atoms with van der Waals surface area (Å²) in [5, 5.41) is 11.7. The SMILES string of the molecule is COCC(O)CNC(=O)ONC1=CCCCC1. The van der Waals surface area contributed by atoms with Crippen LogP contribution in [0.4, 0.5) is 4.79 Å². The molecule has 1 aliphatic carbocycles. The van der Waals surface area contributed by atoms with E-state index < -0.39 is 12.2 Å². The van der Waals surface area contributed by atoms with Gasteiger partial charge in [0.1, 0.15) is 0 Å². The lowest BCUT2D eigenvalue weighted by atomic mass is 10.1. The first-order valence-electron chi connectivity index (χ1n) is 5.79. The molecule has 0 aliphatic heterocycles. The first kappa shape index (κ1) is 13.8. The zero-order chi connectivity index (χ0) is 12.5. The second-order valence-corrected chi connectivity index (χ2v) is 3.96. The Kier molecular flexibility index (Phi) is 6.42. The molecule has 6 heteroatoms. The minimum absolute atomic E-state index is 0.105. The van der Waals surface area contributed by atoms with Crippen LogP contribution >= 0.6 is 0 Å². The Balaban J connectivity index is 2.10. The number of carbonyl (C=O) groups is 1. The van der Waals surface area contributed by atoms with Gasteiger partial charge in [-0.15, -0.1) is 0 Å². The van der Waals surface area contributed by atoms with Crippen molar-refractivity contribution in [2.75, 3.05) is 20.3 Å². The average Bonchev–Trinajstić information content (AvgIpc) is 2.35. The van der Waals surface area contributed by atoms with E-state index in [9.17, 15) is 9.90 Å². The van der Waals surface area contributed by atoms with Gasteiger partial charge in [0.25, 0.3) is 0 Å². The Bertz CT molecular complexity index is 268. The minimum atomic E-state index is -0.721. The molecule has 1 rings (SSSR count). The molecule has 98 valence electrons. The van der Waals surface area contributed by atoms with Gasteiger partial charge in [0.15, 0.2) is 0 Å². The van der Waals surface area contributed by atoms with Gasteiger partial charge in [0.2, 0.25) is 0 Å². The van der Waals surface area contributed by atoms with Gasteiger partial charge >= 0.3 is 6.09 Å². The van der Waals surface area contributed by atoms with Gasteiger partial charge < -0.3 is 20.0 Å². The van der Waals surface area contributed by atoms with Crippen molar-refractivity contribution < 1.29 is 19.5 Å². The van der Waals surface area contributed by atoms with E-state index in [1.54, 1.807) is 0 Å². The summed E-state index contributed by atoms with van der Waals surface area (Å²) in [5.41, 5.74) is 3.55. The molecule has 1 unspecified atom stereocenters. The van der Waals surface area contributed by atoms with Crippen molar-refractivity contribution in [3.8, 4) is 0 Å². The van der Waals surface area contributed by atoms with E-state index in [1.807, 2.05) is 6.08 Å². The summed E-state index contributed by atoms with van der Waals surface area (Å²) in [6.07, 6.45) is 4.90. The number of rotatable bonds is 6. The van der Waals surface area contributed by atoms with Gasteiger partial charge in [-0.1, -0.05) is 6.08 Å². The third-order valence-electron chi connectivity index (χ3n) is 2.41. The summed E-state index contributed by atoms with van der Waals surface area (Å²) in [4.78, 5) is 16.0. The van der Waals surface area contributed by atoms with Crippen LogP contribution in [0.15, 0.2) is 11.8 Å². The maximum Gasteiger partial charge on any atom is 0.431 e. The summed E-state index contributed by atoms with van der Waals surface area (Å²) in [5.74, 6) is 0. The molecule has 17 heavy (non-hydrogen) atoms. The molecule has 0 bridgehead atoms. The highest BCUT2D eigenvalue weighted by Crippen LogP contribution is 2.14. The number of aliphatic hydroxyl groups is 1. The minimum Gasteiger partial charge on any atom is -0.389 e. The molecule has 1 atom stereocenters. The van der Waals surface area contributed by atoms with Gasteiger partial charge in [0, 0.05) is 19.4 Å². The monoisotopic (exact) mass is 244 g/mol. The number of aliphatic hydroxyl groups excluding tert-OH is 1. The number of allylic oxidation sites excluding steroid dienone is 2. The Morgan fingerprint density at radius 3 is 3.06 bits per heavy atom. The zero-order valence-electron chi connectivity index (χ0n) is 10.1. The van der Waals surface area contributed by atoms with E-state index in [2.05, 4.69) is 10.8 Å². The lowest BCUT2D eigenvalue weighted by molar-refractivity contribution is 0.0579. The van der Waals surface area contributed by atoms with Gasteiger partial charge in [-0.3, -0.25) is 0 Å². The van der Waals surface area contributed by atoms with Crippen molar-refractivity contribution >= 4 is 6.09 Å². The van der Waals surface area contributed by atoms with Crippen molar-refractivity contribution in [1.29, 1.82) is 0 Å². The highest BCUT2D eigenvalue weighted by molar-refractivity contribution is 5.66. The van der Waals surface area contributed by atoms with Crippen LogP contribution in [0, 0.1) is 0 Å². The van der Waals surface area contributed by atoms with Gasteiger partial charge in [-0.05, 0) is 25.7 Å². The van der Waals surface area contributed by atoms with Crippen LogP contribution < -0.4 is 10.8 Å². The molecule has 3 N–H and O–H groups in total. The summed E-state index contributed by atoms with van der Waals surface area (Å²) in [7, 11) is 1.48. The molecule has 0 aromatic carbocycles. The standard InChI is InChI=1S/C11H20N2O4/c1-16-8-10(14)7-12-11(15)17-13-9-5-3-2-4-6-9/h5,10,13-14H,2-4,6-8H2,1H3,(H,12,15). The van der Waals surface area contributed by atoms with E-state index in [0.29, 0.717) is 0 Å². The molecule has 0 saturated carbocycles. The summed E-state index contributed by atoms with van der Waals surface area (Å²) in [6, 6.07) is 0. The van der Waals surface area contributed by atoms with E-state index in [4.69, 9.17) is 9.57 Å². The molecular weight excluding hydrogens is 224 g/mol. The molecule has 0 aromatic heterocycles. The average molecular weight is 244 g/mol. The Labute approximate surface area is 101 Å². The van der Waals surface area contributed by atoms with Crippen molar-refractivity contribution in [3.63, 3.8) is 0 Å². The Morgan fingerprint density at radius 2 is 2.41 bits per heavy atom. The van der Waals surface area contributed by atoms with E-state index >= 15 is 0 Å². The van der Waals surface area contributed by atoms with Crippen LogP contribution in [0.3, 0.4) is 0 Å². The second-order valence-electron chi connectivity index (χ2n) is 3.96. The maximum atomic E-state index is 11.2. The lowest BCUT2D eigenvalue weighted by Gasteiger charge is -2.15. The molecule has 0 heterocycles. The third kappa shape index (κ3) is 6.13. The maximum absolute atomic E-state index is 11.2. The lowest BCUT2D eigenvalue weighted by Crippen LogP contribution is -2.37. The molecule has 1 amide bonds. The first-order chi connectivity index (χ1) is 8.22. The van der Waals surface area contributed by atoms with Gasteiger partial charge in [0.05, 0.1) is 12.7 Å². The highest BCUT2D eigenvalue weighted by Gasteiger charge is 2.09. The third-order valence-corrected chi connectivity index (χ3v) is 2.41. The zero-order valence-corrected chi connectivity index (χ0v) is 10.1. The van der Waals surface area contributed by atoms with Crippen LogP contribution in [-0.2, 0) is 9.57 Å². The largest absolute Gasteiger partial charge is 0.431 e. The molecule has 0 fully saturated rings. The number of ether oxygens (including phenoxy) is 1. The fourth-order valence-electron chi connectivity index (χ4n) is 1.53. The summed E-state index contributed by atoms with van der Waals surface area (Å²) in [6.45, 7) is 0.284. The fourth-order valence-corrected chi connectivity index (χ4v) is 1.53. The number of hydroxylamine groups is 1. The molecule has 0 spiro atoms. The quantitative estimate of drug-likeness (QED) is 0.599. The molecular formula is C11H20N2O4. The molecule has 1 aliphatic rings. The number of amides is 1. The molecule has 0 saturated heterocycles. The number of hydrogen-bond acceptors (Lipinski definition) is 5. The Morgan fingerprint density at radius 1 is 1.59 bits per heavy atom. The predicted octanol–water partition coefficient (Wildman–Crippen LogP) is 0.682. The number of hydrogen-bond donors (Lipinski definition) is 3. The van der Waals surface area contributed by atoms with Gasteiger partial charge in [-0.25, -0.2) is 10.3 Å². The van der Waals surface area contributed by atoms with Crippen LogP contribution in [0.2, 0.25) is 0 Å². The van der Waals surface area contributed by atoms with E-state index in [1.165, 1.54) is 13.5 Å². The molecule has 6 nitrogen and oxygen atoms in total. The van der Waals surface area contributed by atoms with Crippen LogP contribution in [0.25, 0.3) is 0 Å². The normalized spacial score (nSPS) is 16.9. The van der Waals surface area contributed by atoms with E-state index in [0.717, 1.165) is 25.0 Å². The predicted molar refractivity (Wildman–Crippen MR) is 62.1 cm³/mol. The van der Waals surface area contributed by atoms with Crippen molar-refractivity contribution in [1.82, 2.24) is 10.8 Å². The fraction of sp³-hybridized carbons (Fsp3) is 0.727. The number of nitrogens with one attached hydrogen (secondary N) is 2. The summed E-state index contributed by atoms with van der Waals surface area (Å²) >= 11 is 0. The number of methoxy groups -OCH3 is 1.